The van der Waals surface area contributed by atoms with Crippen LogP contribution < -0.4 is 5.32 Å². The maximum atomic E-state index is 13.9. The average molecular weight is 654 g/mol. The fraction of sp³-hybridized carbons (Fsp3) is 0.900. The SMILES string of the molecule is COC(=O)[C@]12CCC(C)(C)CC1C1=CCC3[C@@]4(C)CC(C(=O)NCCCN5CCN(C)CC5)C(O)C(C)(C)C4CC[C@@]3(C)[C@]1(C)CC2. The van der Waals surface area contributed by atoms with Gasteiger partial charge in [-0.1, -0.05) is 60.1 Å². The fourth-order valence-corrected chi connectivity index (χ4v) is 12.9. The van der Waals surface area contributed by atoms with Gasteiger partial charge in [-0.3, -0.25) is 9.59 Å². The maximum absolute atomic E-state index is 13.9. The van der Waals surface area contributed by atoms with Crippen LogP contribution in [-0.2, 0) is 14.3 Å². The van der Waals surface area contributed by atoms with E-state index >= 15 is 0 Å². The number of allylic oxidation sites excluding steroid dienone is 2. The van der Waals surface area contributed by atoms with Gasteiger partial charge in [0.2, 0.25) is 5.91 Å². The molecule has 4 saturated carbocycles. The average Bonchev–Trinajstić information content (AvgIpc) is 3.01. The molecule has 266 valence electrons. The van der Waals surface area contributed by atoms with E-state index in [0.29, 0.717) is 18.4 Å². The van der Waals surface area contributed by atoms with E-state index < -0.39 is 17.4 Å². The number of ether oxygens (including phenoxy) is 1. The van der Waals surface area contributed by atoms with Gasteiger partial charge in [0.15, 0.2) is 0 Å². The van der Waals surface area contributed by atoms with Crippen LogP contribution in [0.5, 0.6) is 0 Å². The molecule has 7 heteroatoms. The highest BCUT2D eigenvalue weighted by atomic mass is 16.5. The van der Waals surface area contributed by atoms with Crippen molar-refractivity contribution in [2.45, 2.75) is 119 Å². The summed E-state index contributed by atoms with van der Waals surface area (Å²) in [5.74, 6) is 0.657. The minimum absolute atomic E-state index is 0.000720. The number of nitrogens with zero attached hydrogens (tertiary/aromatic N) is 2. The minimum Gasteiger partial charge on any atom is -0.469 e. The molecule has 6 rings (SSSR count). The predicted octanol–water partition coefficient (Wildman–Crippen LogP) is 6.30. The van der Waals surface area contributed by atoms with E-state index in [4.69, 9.17) is 4.74 Å². The van der Waals surface area contributed by atoms with E-state index in [9.17, 15) is 14.7 Å². The van der Waals surface area contributed by atoms with E-state index in [1.807, 2.05) is 0 Å². The fourth-order valence-electron chi connectivity index (χ4n) is 12.9. The molecular weight excluding hydrogens is 586 g/mol. The zero-order chi connectivity index (χ0) is 34.2. The summed E-state index contributed by atoms with van der Waals surface area (Å²) >= 11 is 0. The van der Waals surface area contributed by atoms with E-state index in [0.717, 1.165) is 96.9 Å². The monoisotopic (exact) mass is 654 g/mol. The van der Waals surface area contributed by atoms with Crippen molar-refractivity contribution in [3.63, 3.8) is 0 Å². The highest BCUT2D eigenvalue weighted by Crippen LogP contribution is 2.76. The zero-order valence-electron chi connectivity index (χ0n) is 31.3. The lowest BCUT2D eigenvalue weighted by Gasteiger charge is -2.71. The van der Waals surface area contributed by atoms with Crippen molar-refractivity contribution in [1.29, 1.82) is 0 Å². The highest BCUT2D eigenvalue weighted by Gasteiger charge is 2.70. The van der Waals surface area contributed by atoms with Crippen molar-refractivity contribution in [3.8, 4) is 0 Å². The van der Waals surface area contributed by atoms with Crippen LogP contribution in [-0.4, -0.2) is 86.3 Å². The first-order valence-corrected chi connectivity index (χ1v) is 19.1. The number of fused-ring (bicyclic) bond motifs is 7. The van der Waals surface area contributed by atoms with Crippen LogP contribution >= 0.6 is 0 Å². The van der Waals surface area contributed by atoms with Crippen molar-refractivity contribution in [2.24, 2.45) is 56.2 Å². The van der Waals surface area contributed by atoms with Crippen molar-refractivity contribution in [3.05, 3.63) is 11.6 Å². The molecule has 0 bridgehead atoms. The molecule has 1 aliphatic heterocycles. The number of amides is 1. The molecule has 1 heterocycles. The van der Waals surface area contributed by atoms with E-state index in [1.165, 1.54) is 5.57 Å². The normalized spacial score (nSPS) is 44.6. The summed E-state index contributed by atoms with van der Waals surface area (Å²) in [4.78, 5) is 32.4. The molecule has 1 saturated heterocycles. The molecule has 6 aliphatic rings. The quantitative estimate of drug-likeness (QED) is 0.199. The van der Waals surface area contributed by atoms with Crippen molar-refractivity contribution in [1.82, 2.24) is 15.1 Å². The minimum atomic E-state index is -0.646. The summed E-state index contributed by atoms with van der Waals surface area (Å²) in [6, 6.07) is 0. The Morgan fingerprint density at radius 1 is 0.936 bits per heavy atom. The molecule has 0 aromatic rings. The predicted molar refractivity (Wildman–Crippen MR) is 187 cm³/mol. The van der Waals surface area contributed by atoms with Crippen molar-refractivity contribution in [2.75, 3.05) is 53.4 Å². The molecule has 2 N–H and O–H groups in total. The van der Waals surface area contributed by atoms with E-state index in [-0.39, 0.29) is 44.9 Å². The second kappa shape index (κ2) is 12.1. The second-order valence-electron chi connectivity index (χ2n) is 19.2. The Morgan fingerprint density at radius 2 is 1.62 bits per heavy atom. The van der Waals surface area contributed by atoms with Crippen molar-refractivity contribution < 1.29 is 19.4 Å². The van der Waals surface area contributed by atoms with Crippen LogP contribution in [0.1, 0.15) is 113 Å². The lowest BCUT2D eigenvalue weighted by atomic mass is 9.33. The van der Waals surface area contributed by atoms with Gasteiger partial charge in [0.25, 0.3) is 0 Å². The van der Waals surface area contributed by atoms with Gasteiger partial charge in [-0.25, -0.2) is 0 Å². The summed E-state index contributed by atoms with van der Waals surface area (Å²) in [5.41, 5.74) is 0.996. The number of nitrogens with one attached hydrogen (secondary N) is 1. The molecule has 1 amide bonds. The molecular formula is C40H67N3O4. The zero-order valence-corrected chi connectivity index (χ0v) is 31.3. The Bertz CT molecular complexity index is 1250. The van der Waals surface area contributed by atoms with Gasteiger partial charge < -0.3 is 25.0 Å². The third-order valence-electron chi connectivity index (χ3n) is 16.1. The molecule has 5 fully saturated rings. The van der Waals surface area contributed by atoms with Crippen LogP contribution in [0.2, 0.25) is 0 Å². The van der Waals surface area contributed by atoms with Gasteiger partial charge in [0.05, 0.1) is 24.5 Å². The third kappa shape index (κ3) is 5.46. The summed E-state index contributed by atoms with van der Waals surface area (Å²) in [6.45, 7) is 22.9. The summed E-state index contributed by atoms with van der Waals surface area (Å²) in [7, 11) is 3.76. The van der Waals surface area contributed by atoms with E-state index in [1.54, 1.807) is 7.11 Å². The Kier molecular flexibility index (Phi) is 9.12. The smallest absolute Gasteiger partial charge is 0.312 e. The van der Waals surface area contributed by atoms with Crippen LogP contribution in [0.4, 0.5) is 0 Å². The molecule has 0 radical (unpaired) electrons. The van der Waals surface area contributed by atoms with Gasteiger partial charge in [-0.2, -0.15) is 0 Å². The number of methoxy groups -OCH3 is 1. The Hall–Kier alpha value is -1.44. The number of carbonyl (C=O) groups excluding carboxylic acids is 2. The maximum Gasteiger partial charge on any atom is 0.312 e. The van der Waals surface area contributed by atoms with Gasteiger partial charge in [0.1, 0.15) is 0 Å². The van der Waals surface area contributed by atoms with Crippen LogP contribution in [0.15, 0.2) is 11.6 Å². The number of aliphatic hydroxyl groups is 1. The number of rotatable bonds is 6. The van der Waals surface area contributed by atoms with Crippen LogP contribution in [0.25, 0.3) is 0 Å². The standard InChI is InChI=1S/C40H67N3O4/c1-35(2)15-17-40(34(46)47-9)18-16-38(6)28(29(40)26-35)11-12-31-37(5)25-27(32(44)36(3,4)30(37)13-14-39(31,38)7)33(45)41-19-10-20-43-23-21-42(8)22-24-43/h11,27,29-32,44H,10,12-26H2,1-9H3,(H,41,45)/t27?,29?,30?,31?,32?,37-,38+,39+,40-/m0/s1. The summed E-state index contributed by atoms with van der Waals surface area (Å²) < 4.78 is 5.55. The molecule has 47 heavy (non-hydrogen) atoms. The number of hydrogen-bond donors (Lipinski definition) is 2. The number of piperazine rings is 1. The largest absolute Gasteiger partial charge is 0.469 e. The molecule has 5 aliphatic carbocycles. The first-order valence-electron chi connectivity index (χ1n) is 19.1. The Labute approximate surface area is 286 Å². The highest BCUT2D eigenvalue weighted by molar-refractivity contribution is 5.80. The Balaban J connectivity index is 1.25. The van der Waals surface area contributed by atoms with Gasteiger partial charge >= 0.3 is 5.97 Å². The first kappa shape index (κ1) is 35.4. The molecule has 0 aromatic heterocycles. The molecule has 0 aromatic carbocycles. The first-order chi connectivity index (χ1) is 21.9. The number of hydrogen-bond acceptors (Lipinski definition) is 6. The van der Waals surface area contributed by atoms with E-state index in [2.05, 4.69) is 76.7 Å². The lowest BCUT2D eigenvalue weighted by molar-refractivity contribution is -0.220. The van der Waals surface area contributed by atoms with Gasteiger partial charge in [-0.05, 0) is 123 Å². The van der Waals surface area contributed by atoms with Crippen LogP contribution in [0.3, 0.4) is 0 Å². The number of carbonyl (C=O) groups is 2. The summed E-state index contributed by atoms with van der Waals surface area (Å²) in [5, 5.41) is 15.1. The second-order valence-corrected chi connectivity index (χ2v) is 19.2. The molecule has 0 spiro atoms. The third-order valence-corrected chi connectivity index (χ3v) is 16.1. The topological polar surface area (TPSA) is 82.1 Å². The van der Waals surface area contributed by atoms with Gasteiger partial charge in [0, 0.05) is 32.7 Å². The number of likely N-dealkylation sites (N-methyl/N-ethyl adjacent to an activating group) is 1. The number of esters is 1. The molecule has 9 atom stereocenters. The molecule has 5 unspecified atom stereocenters. The Morgan fingerprint density at radius 3 is 2.30 bits per heavy atom. The van der Waals surface area contributed by atoms with Gasteiger partial charge in [-0.15, -0.1) is 0 Å². The van der Waals surface area contributed by atoms with Crippen molar-refractivity contribution >= 4 is 11.9 Å². The molecule has 7 nitrogen and oxygen atoms in total. The lowest BCUT2D eigenvalue weighted by Crippen LogP contribution is -2.67. The summed E-state index contributed by atoms with van der Waals surface area (Å²) in [6.07, 6.45) is 11.8. The van der Waals surface area contributed by atoms with Crippen LogP contribution in [0, 0.1) is 56.2 Å². The number of aliphatic hydroxyl groups excluding tert-OH is 1.